The van der Waals surface area contributed by atoms with Crippen molar-refractivity contribution in [1.29, 1.82) is 5.26 Å². The molecule has 2 atom stereocenters. The molecule has 1 heterocycles. The van der Waals surface area contributed by atoms with Crippen molar-refractivity contribution in [2.45, 2.75) is 36.3 Å². The number of halogens is 1. The van der Waals surface area contributed by atoms with Gasteiger partial charge in [0.2, 0.25) is 10.0 Å². The third-order valence-electron chi connectivity index (χ3n) is 4.08. The molecule has 1 aliphatic carbocycles. The molecular formula is C14H15ClN2O3S. The van der Waals surface area contributed by atoms with Crippen molar-refractivity contribution in [3.63, 3.8) is 0 Å². The fourth-order valence-electron chi connectivity index (χ4n) is 3.09. The van der Waals surface area contributed by atoms with Gasteiger partial charge in [0.25, 0.3) is 0 Å². The molecule has 1 aromatic rings. The Morgan fingerprint density at radius 1 is 1.38 bits per heavy atom. The predicted molar refractivity (Wildman–Crippen MR) is 77.4 cm³/mol. The minimum Gasteiger partial charge on any atom is -0.375 e. The quantitative estimate of drug-likeness (QED) is 0.835. The molecule has 1 saturated carbocycles. The van der Waals surface area contributed by atoms with Gasteiger partial charge in [-0.25, -0.2) is 8.42 Å². The highest BCUT2D eigenvalue weighted by molar-refractivity contribution is 7.89. The topological polar surface area (TPSA) is 70.4 Å². The molecule has 2 unspecified atom stereocenters. The Balaban J connectivity index is 2.02. The van der Waals surface area contributed by atoms with E-state index in [9.17, 15) is 8.42 Å². The van der Waals surface area contributed by atoms with E-state index < -0.39 is 10.0 Å². The maximum Gasteiger partial charge on any atom is 0.245 e. The average molecular weight is 327 g/mol. The van der Waals surface area contributed by atoms with E-state index in [4.69, 9.17) is 21.6 Å². The van der Waals surface area contributed by atoms with Gasteiger partial charge >= 0.3 is 0 Å². The zero-order chi connectivity index (χ0) is 15.0. The number of hydrogen-bond donors (Lipinski definition) is 0. The fraction of sp³-hybridized carbons (Fsp3) is 0.500. The van der Waals surface area contributed by atoms with Crippen LogP contribution < -0.4 is 0 Å². The summed E-state index contributed by atoms with van der Waals surface area (Å²) in [5, 5.41) is 9.11. The van der Waals surface area contributed by atoms with E-state index in [2.05, 4.69) is 0 Å². The Bertz CT molecular complexity index is 699. The highest BCUT2D eigenvalue weighted by Gasteiger charge is 2.42. The Morgan fingerprint density at radius 2 is 2.19 bits per heavy atom. The molecule has 1 aromatic carbocycles. The van der Waals surface area contributed by atoms with Gasteiger partial charge in [0.05, 0.1) is 35.4 Å². The molecule has 2 aliphatic rings. The molecule has 5 nitrogen and oxygen atoms in total. The number of sulfonamides is 1. The second-order valence-corrected chi connectivity index (χ2v) is 7.55. The number of nitriles is 1. The average Bonchev–Trinajstić information content (AvgIpc) is 2.95. The summed E-state index contributed by atoms with van der Waals surface area (Å²) in [6.45, 7) is 0.729. The summed E-state index contributed by atoms with van der Waals surface area (Å²) in [6, 6.07) is 6.14. The van der Waals surface area contributed by atoms with E-state index in [1.807, 2.05) is 6.07 Å². The number of fused-ring (bicyclic) bond motifs is 1. The Labute approximate surface area is 129 Å². The Morgan fingerprint density at radius 3 is 2.95 bits per heavy atom. The molecule has 1 aliphatic heterocycles. The van der Waals surface area contributed by atoms with E-state index in [-0.39, 0.29) is 27.6 Å². The molecule has 21 heavy (non-hydrogen) atoms. The summed E-state index contributed by atoms with van der Waals surface area (Å²) in [6.07, 6.45) is 2.64. The zero-order valence-corrected chi connectivity index (χ0v) is 12.9. The van der Waals surface area contributed by atoms with Gasteiger partial charge < -0.3 is 4.74 Å². The first kappa shape index (κ1) is 14.8. The standard InChI is InChI=1S/C14H15ClN2O3S/c15-11-5-4-10(9-16)8-14(11)21(18,19)17-6-7-20-13-3-1-2-12(13)17/h4-5,8,12-13H,1-3,6-7H2. The maximum atomic E-state index is 12.9. The van der Waals surface area contributed by atoms with Crippen molar-refractivity contribution >= 4 is 21.6 Å². The largest absolute Gasteiger partial charge is 0.375 e. The Kier molecular flexibility index (Phi) is 3.93. The summed E-state index contributed by atoms with van der Waals surface area (Å²) in [5.41, 5.74) is 0.286. The summed E-state index contributed by atoms with van der Waals surface area (Å²) in [4.78, 5) is 0.00997. The number of rotatable bonds is 2. The molecule has 2 fully saturated rings. The van der Waals surface area contributed by atoms with E-state index >= 15 is 0 Å². The summed E-state index contributed by atoms with van der Waals surface area (Å²) >= 11 is 6.05. The van der Waals surface area contributed by atoms with Gasteiger partial charge in [0.15, 0.2) is 0 Å². The number of morpholine rings is 1. The second kappa shape index (κ2) is 5.58. The first-order chi connectivity index (χ1) is 10.0. The van der Waals surface area contributed by atoms with Crippen molar-refractivity contribution in [2.24, 2.45) is 0 Å². The van der Waals surface area contributed by atoms with Crippen LogP contribution in [-0.4, -0.2) is 38.0 Å². The SMILES string of the molecule is N#Cc1ccc(Cl)c(S(=O)(=O)N2CCOC3CCCC32)c1. The number of nitrogens with zero attached hydrogens (tertiary/aromatic N) is 2. The van der Waals surface area contributed by atoms with Crippen LogP contribution in [0.5, 0.6) is 0 Å². The second-order valence-electron chi connectivity index (χ2n) is 5.28. The molecule has 112 valence electrons. The monoisotopic (exact) mass is 326 g/mol. The fourth-order valence-corrected chi connectivity index (χ4v) is 5.25. The van der Waals surface area contributed by atoms with E-state index in [0.29, 0.717) is 13.2 Å². The van der Waals surface area contributed by atoms with Crippen molar-refractivity contribution in [1.82, 2.24) is 4.31 Å². The van der Waals surface area contributed by atoms with Gasteiger partial charge in [-0.05, 0) is 37.5 Å². The lowest BCUT2D eigenvalue weighted by Gasteiger charge is -2.36. The normalized spacial score (nSPS) is 26.3. The first-order valence-corrected chi connectivity index (χ1v) is 8.69. The Hall–Kier alpha value is -1.13. The molecule has 0 N–H and O–H groups in total. The van der Waals surface area contributed by atoms with Crippen LogP contribution in [0.4, 0.5) is 0 Å². The van der Waals surface area contributed by atoms with Crippen LogP contribution in [0, 0.1) is 11.3 Å². The van der Waals surface area contributed by atoms with E-state index in [1.165, 1.54) is 22.5 Å². The van der Waals surface area contributed by atoms with Crippen LogP contribution in [0.1, 0.15) is 24.8 Å². The van der Waals surface area contributed by atoms with Gasteiger partial charge in [0, 0.05) is 6.54 Å². The molecule has 0 bridgehead atoms. The number of hydrogen-bond acceptors (Lipinski definition) is 4. The first-order valence-electron chi connectivity index (χ1n) is 6.87. The molecule has 7 heteroatoms. The third kappa shape index (κ3) is 2.55. The summed E-state index contributed by atoms with van der Waals surface area (Å²) in [5.74, 6) is 0. The molecule has 1 saturated heterocycles. The van der Waals surface area contributed by atoms with Crippen LogP contribution in [0.15, 0.2) is 23.1 Å². The van der Waals surface area contributed by atoms with Gasteiger partial charge in [-0.2, -0.15) is 9.57 Å². The minimum absolute atomic E-state index is 0.00997. The highest BCUT2D eigenvalue weighted by Crippen LogP contribution is 2.35. The molecule has 0 radical (unpaired) electrons. The lowest BCUT2D eigenvalue weighted by atomic mass is 10.2. The molecule has 3 rings (SSSR count). The smallest absolute Gasteiger partial charge is 0.245 e. The third-order valence-corrected chi connectivity index (χ3v) is 6.48. The molecular weight excluding hydrogens is 312 g/mol. The summed E-state index contributed by atoms with van der Waals surface area (Å²) in [7, 11) is -3.71. The molecule has 0 aromatic heterocycles. The van der Waals surface area contributed by atoms with Crippen molar-refractivity contribution < 1.29 is 13.2 Å². The van der Waals surface area contributed by atoms with E-state index in [1.54, 1.807) is 0 Å². The lowest BCUT2D eigenvalue weighted by Crippen LogP contribution is -2.51. The van der Waals surface area contributed by atoms with Crippen molar-refractivity contribution in [3.05, 3.63) is 28.8 Å². The van der Waals surface area contributed by atoms with E-state index in [0.717, 1.165) is 19.3 Å². The lowest BCUT2D eigenvalue weighted by molar-refractivity contribution is -0.0241. The van der Waals surface area contributed by atoms with Crippen LogP contribution in [-0.2, 0) is 14.8 Å². The van der Waals surface area contributed by atoms with Crippen LogP contribution in [0.3, 0.4) is 0 Å². The van der Waals surface area contributed by atoms with Gasteiger partial charge in [-0.3, -0.25) is 0 Å². The predicted octanol–water partition coefficient (Wildman–Crippen LogP) is 2.15. The van der Waals surface area contributed by atoms with Crippen LogP contribution in [0.2, 0.25) is 5.02 Å². The van der Waals surface area contributed by atoms with Crippen molar-refractivity contribution in [3.8, 4) is 6.07 Å². The minimum atomic E-state index is -3.71. The number of ether oxygens (including phenoxy) is 1. The molecule has 0 amide bonds. The van der Waals surface area contributed by atoms with Crippen molar-refractivity contribution in [2.75, 3.05) is 13.2 Å². The van der Waals surface area contributed by atoms with Crippen LogP contribution in [0.25, 0.3) is 0 Å². The maximum absolute atomic E-state index is 12.9. The van der Waals surface area contributed by atoms with Gasteiger partial charge in [-0.1, -0.05) is 11.6 Å². The summed E-state index contributed by atoms with van der Waals surface area (Å²) < 4.78 is 32.9. The van der Waals surface area contributed by atoms with Gasteiger partial charge in [-0.15, -0.1) is 0 Å². The number of benzene rings is 1. The highest BCUT2D eigenvalue weighted by atomic mass is 35.5. The molecule has 0 spiro atoms. The van der Waals surface area contributed by atoms with Crippen LogP contribution >= 0.6 is 11.6 Å². The van der Waals surface area contributed by atoms with Gasteiger partial charge in [0.1, 0.15) is 4.90 Å². The zero-order valence-electron chi connectivity index (χ0n) is 11.3.